The van der Waals surface area contributed by atoms with Crippen LogP contribution in [0.3, 0.4) is 0 Å². The lowest BCUT2D eigenvalue weighted by atomic mass is 10.2. The second kappa shape index (κ2) is 8.92. The van der Waals surface area contributed by atoms with Crippen molar-refractivity contribution in [3.63, 3.8) is 0 Å². The fourth-order valence-electron chi connectivity index (χ4n) is 2.52. The van der Waals surface area contributed by atoms with Crippen LogP contribution in [0.1, 0.15) is 30.9 Å². The molecule has 1 aliphatic heterocycles. The molecule has 2 heterocycles. The molecule has 0 atom stereocenters. The minimum atomic E-state index is 0.830. The predicted octanol–water partition coefficient (Wildman–Crippen LogP) is 1.07. The molecule has 0 aromatic carbocycles. The van der Waals surface area contributed by atoms with Crippen molar-refractivity contribution in [2.45, 2.75) is 38.6 Å². The van der Waals surface area contributed by atoms with E-state index in [0.29, 0.717) is 0 Å². The van der Waals surface area contributed by atoms with Gasteiger partial charge in [-0.3, -0.25) is 4.99 Å². The Bertz CT molecular complexity index is 456. The molecular formula is C14H26N6S. The smallest absolute Gasteiger partial charge is 0.191 e. The van der Waals surface area contributed by atoms with Gasteiger partial charge in [-0.05, 0) is 19.1 Å². The van der Waals surface area contributed by atoms with Crippen LogP contribution in [0.25, 0.3) is 0 Å². The summed E-state index contributed by atoms with van der Waals surface area (Å²) in [6.45, 7) is 2.83. The van der Waals surface area contributed by atoms with Gasteiger partial charge in [0.15, 0.2) is 5.96 Å². The number of hydrogen-bond acceptors (Lipinski definition) is 4. The van der Waals surface area contributed by atoms with Crippen LogP contribution >= 0.6 is 11.8 Å². The molecule has 0 radical (unpaired) electrons. The van der Waals surface area contributed by atoms with E-state index < -0.39 is 0 Å². The van der Waals surface area contributed by atoms with E-state index in [9.17, 15) is 0 Å². The summed E-state index contributed by atoms with van der Waals surface area (Å²) in [4.78, 5) is 4.22. The SMILES string of the molecule is CN=C(NCCSC)NCCc1nnc2n1CCCCC2. The molecule has 118 valence electrons. The molecule has 7 heteroatoms. The molecular weight excluding hydrogens is 284 g/mol. The molecule has 0 unspecified atom stereocenters. The number of nitrogens with one attached hydrogen (secondary N) is 2. The normalized spacial score (nSPS) is 15.4. The van der Waals surface area contributed by atoms with E-state index in [0.717, 1.165) is 55.8 Å². The summed E-state index contributed by atoms with van der Waals surface area (Å²) in [6.07, 6.45) is 7.84. The molecule has 0 saturated heterocycles. The number of fused-ring (bicyclic) bond motifs is 1. The van der Waals surface area contributed by atoms with E-state index in [1.54, 1.807) is 7.05 Å². The van der Waals surface area contributed by atoms with E-state index in [-0.39, 0.29) is 0 Å². The van der Waals surface area contributed by atoms with Gasteiger partial charge in [0, 0.05) is 45.3 Å². The molecule has 21 heavy (non-hydrogen) atoms. The molecule has 0 spiro atoms. The number of aryl methyl sites for hydroxylation is 1. The first kappa shape index (κ1) is 16.1. The van der Waals surface area contributed by atoms with Crippen molar-refractivity contribution in [1.29, 1.82) is 0 Å². The summed E-state index contributed by atoms with van der Waals surface area (Å²) < 4.78 is 2.30. The average Bonchev–Trinajstić information content (AvgIpc) is 2.73. The zero-order valence-electron chi connectivity index (χ0n) is 13.1. The number of rotatable bonds is 6. The second-order valence-electron chi connectivity index (χ2n) is 5.16. The Morgan fingerprint density at radius 2 is 2.10 bits per heavy atom. The van der Waals surface area contributed by atoms with Gasteiger partial charge in [-0.25, -0.2) is 0 Å². The predicted molar refractivity (Wildman–Crippen MR) is 89.0 cm³/mol. The lowest BCUT2D eigenvalue weighted by Gasteiger charge is -2.11. The summed E-state index contributed by atoms with van der Waals surface area (Å²) in [5, 5.41) is 15.3. The first-order valence-corrected chi connectivity index (χ1v) is 9.09. The maximum atomic E-state index is 4.35. The third-order valence-corrected chi connectivity index (χ3v) is 4.26. The highest BCUT2D eigenvalue weighted by molar-refractivity contribution is 7.98. The van der Waals surface area contributed by atoms with Crippen molar-refractivity contribution < 1.29 is 0 Å². The number of nitrogens with zero attached hydrogens (tertiary/aromatic N) is 4. The Kier molecular flexibility index (Phi) is 6.85. The topological polar surface area (TPSA) is 67.1 Å². The molecule has 6 nitrogen and oxygen atoms in total. The first-order valence-electron chi connectivity index (χ1n) is 7.69. The first-order chi connectivity index (χ1) is 10.3. The average molecular weight is 310 g/mol. The molecule has 0 bridgehead atoms. The molecule has 2 rings (SSSR count). The lowest BCUT2D eigenvalue weighted by Crippen LogP contribution is -2.39. The van der Waals surface area contributed by atoms with Crippen molar-refractivity contribution in [2.24, 2.45) is 4.99 Å². The fraction of sp³-hybridized carbons (Fsp3) is 0.786. The second-order valence-corrected chi connectivity index (χ2v) is 6.15. The van der Waals surface area contributed by atoms with Crippen LogP contribution < -0.4 is 10.6 Å². The van der Waals surface area contributed by atoms with E-state index in [4.69, 9.17) is 0 Å². The Labute approximate surface area is 131 Å². The van der Waals surface area contributed by atoms with Crippen LogP contribution in [0.4, 0.5) is 0 Å². The standard InChI is InChI=1S/C14H26N6S/c1-15-14(17-9-11-21-2)16-8-7-13-19-18-12-6-4-3-5-10-20(12)13/h3-11H2,1-2H3,(H2,15,16,17). The van der Waals surface area contributed by atoms with E-state index in [1.807, 2.05) is 11.8 Å². The molecule has 1 aromatic heterocycles. The van der Waals surface area contributed by atoms with Gasteiger partial charge in [0.2, 0.25) is 0 Å². The van der Waals surface area contributed by atoms with Gasteiger partial charge in [0.25, 0.3) is 0 Å². The Hall–Kier alpha value is -1.24. The highest BCUT2D eigenvalue weighted by atomic mass is 32.2. The maximum Gasteiger partial charge on any atom is 0.191 e. The third-order valence-electron chi connectivity index (χ3n) is 3.65. The molecule has 0 amide bonds. The van der Waals surface area contributed by atoms with E-state index in [2.05, 4.69) is 36.6 Å². The van der Waals surface area contributed by atoms with Crippen LogP contribution in [0.5, 0.6) is 0 Å². The van der Waals surface area contributed by atoms with E-state index in [1.165, 1.54) is 19.3 Å². The Morgan fingerprint density at radius 3 is 2.90 bits per heavy atom. The van der Waals surface area contributed by atoms with Crippen LogP contribution in [-0.4, -0.2) is 52.9 Å². The summed E-state index contributed by atoms with van der Waals surface area (Å²) in [5.41, 5.74) is 0. The van der Waals surface area contributed by atoms with Gasteiger partial charge in [-0.1, -0.05) is 6.42 Å². The van der Waals surface area contributed by atoms with Gasteiger partial charge in [0.1, 0.15) is 11.6 Å². The van der Waals surface area contributed by atoms with Crippen LogP contribution in [0, 0.1) is 0 Å². The molecule has 0 saturated carbocycles. The minimum Gasteiger partial charge on any atom is -0.356 e. The van der Waals surface area contributed by atoms with Crippen LogP contribution in [-0.2, 0) is 19.4 Å². The molecule has 1 aromatic rings. The monoisotopic (exact) mass is 310 g/mol. The number of guanidine groups is 1. The van der Waals surface area contributed by atoms with E-state index >= 15 is 0 Å². The zero-order valence-corrected chi connectivity index (χ0v) is 13.9. The maximum absolute atomic E-state index is 4.35. The Balaban J connectivity index is 1.79. The van der Waals surface area contributed by atoms with Gasteiger partial charge in [-0.15, -0.1) is 10.2 Å². The summed E-state index contributed by atoms with van der Waals surface area (Å²) in [5.74, 6) is 4.20. The largest absolute Gasteiger partial charge is 0.356 e. The summed E-state index contributed by atoms with van der Waals surface area (Å²) >= 11 is 1.83. The highest BCUT2D eigenvalue weighted by Gasteiger charge is 2.14. The van der Waals surface area contributed by atoms with Gasteiger partial charge >= 0.3 is 0 Å². The number of hydrogen-bond donors (Lipinski definition) is 2. The lowest BCUT2D eigenvalue weighted by molar-refractivity contribution is 0.600. The van der Waals surface area contributed by atoms with Crippen LogP contribution in [0.15, 0.2) is 4.99 Å². The minimum absolute atomic E-state index is 0.830. The zero-order chi connectivity index (χ0) is 14.9. The van der Waals surface area contributed by atoms with Crippen molar-refractivity contribution >= 4 is 17.7 Å². The van der Waals surface area contributed by atoms with Gasteiger partial charge in [-0.2, -0.15) is 11.8 Å². The molecule has 0 aliphatic carbocycles. The van der Waals surface area contributed by atoms with Gasteiger partial charge < -0.3 is 15.2 Å². The molecule has 1 aliphatic rings. The van der Waals surface area contributed by atoms with Crippen molar-refractivity contribution in [1.82, 2.24) is 25.4 Å². The van der Waals surface area contributed by atoms with Crippen molar-refractivity contribution in [3.05, 3.63) is 11.6 Å². The van der Waals surface area contributed by atoms with Crippen molar-refractivity contribution in [3.8, 4) is 0 Å². The molecule has 0 fully saturated rings. The number of aromatic nitrogens is 3. The van der Waals surface area contributed by atoms with Crippen LogP contribution in [0.2, 0.25) is 0 Å². The van der Waals surface area contributed by atoms with Gasteiger partial charge in [0.05, 0.1) is 0 Å². The Morgan fingerprint density at radius 1 is 1.24 bits per heavy atom. The van der Waals surface area contributed by atoms with Crippen molar-refractivity contribution in [2.75, 3.05) is 32.1 Å². The number of aliphatic imine (C=N–C) groups is 1. The highest BCUT2D eigenvalue weighted by Crippen LogP contribution is 2.14. The fourth-order valence-corrected chi connectivity index (χ4v) is 2.82. The third kappa shape index (κ3) is 4.91. The summed E-state index contributed by atoms with van der Waals surface area (Å²) in [6, 6.07) is 0. The number of thioether (sulfide) groups is 1. The quantitative estimate of drug-likeness (QED) is 0.467. The molecule has 2 N–H and O–H groups in total. The summed E-state index contributed by atoms with van der Waals surface area (Å²) in [7, 11) is 1.80.